The zero-order valence-electron chi connectivity index (χ0n) is 13.3. The minimum Gasteiger partial charge on any atom is -0.438 e. The summed E-state index contributed by atoms with van der Waals surface area (Å²) >= 11 is 0. The fraction of sp³-hybridized carbons (Fsp3) is 0.722. The lowest BCUT2D eigenvalue weighted by Crippen LogP contribution is -2.35. The highest BCUT2D eigenvalue weighted by Gasteiger charge is 2.69. The first-order valence-electron chi connectivity index (χ1n) is 8.65. The van der Waals surface area contributed by atoms with Crippen molar-refractivity contribution in [3.63, 3.8) is 0 Å². The lowest BCUT2D eigenvalue weighted by Gasteiger charge is -2.32. The number of carbonyl (C=O) groups excluding carboxylic acids is 3. The quantitative estimate of drug-likeness (QED) is 0.245. The largest absolute Gasteiger partial charge is 0.438 e. The van der Waals surface area contributed by atoms with Crippen LogP contribution in [0.15, 0.2) is 12.2 Å². The number of allylic oxidation sites excluding steroid dienone is 2. The van der Waals surface area contributed by atoms with Gasteiger partial charge in [0, 0.05) is 23.7 Å². The van der Waals surface area contributed by atoms with Gasteiger partial charge in [-0.05, 0) is 24.7 Å². The van der Waals surface area contributed by atoms with E-state index in [9.17, 15) is 14.4 Å². The molecule has 0 aromatic rings. The highest BCUT2D eigenvalue weighted by Crippen LogP contribution is 2.64. The van der Waals surface area contributed by atoms with E-state index in [0.29, 0.717) is 13.0 Å². The van der Waals surface area contributed by atoms with E-state index in [2.05, 4.69) is 6.92 Å². The minimum atomic E-state index is -0.385. The number of ketones is 2. The van der Waals surface area contributed by atoms with Crippen LogP contribution in [0.4, 0.5) is 0 Å². The molecule has 5 heteroatoms. The summed E-state index contributed by atoms with van der Waals surface area (Å²) in [7, 11) is 0. The number of fused-ring (bicyclic) bond motifs is 9. The van der Waals surface area contributed by atoms with Gasteiger partial charge in [-0.1, -0.05) is 25.5 Å². The molecule has 4 aliphatic rings. The molecule has 4 bridgehead atoms. The van der Waals surface area contributed by atoms with Crippen molar-refractivity contribution in [3.8, 4) is 0 Å². The van der Waals surface area contributed by atoms with E-state index in [1.54, 1.807) is 0 Å². The summed E-state index contributed by atoms with van der Waals surface area (Å²) < 4.78 is 10.5. The van der Waals surface area contributed by atoms with Gasteiger partial charge in [0.2, 0.25) is 0 Å². The summed E-state index contributed by atoms with van der Waals surface area (Å²) in [5.41, 5.74) is 0. The van der Waals surface area contributed by atoms with Gasteiger partial charge < -0.3 is 9.47 Å². The van der Waals surface area contributed by atoms with Crippen LogP contribution in [0.3, 0.4) is 0 Å². The van der Waals surface area contributed by atoms with Crippen LogP contribution in [0.2, 0.25) is 0 Å². The number of hydrogen-bond donors (Lipinski definition) is 0. The zero-order chi connectivity index (χ0) is 16.1. The second-order valence-corrected chi connectivity index (χ2v) is 7.21. The molecule has 0 aliphatic heterocycles. The molecule has 0 aromatic carbocycles. The molecule has 3 fully saturated rings. The second-order valence-electron chi connectivity index (χ2n) is 7.21. The molecule has 0 N–H and O–H groups in total. The van der Waals surface area contributed by atoms with Crippen LogP contribution < -0.4 is 0 Å². The maximum absolute atomic E-state index is 12.6. The van der Waals surface area contributed by atoms with Gasteiger partial charge >= 0.3 is 5.97 Å². The third kappa shape index (κ3) is 2.05. The maximum Gasteiger partial charge on any atom is 0.311 e. The van der Waals surface area contributed by atoms with Crippen molar-refractivity contribution in [1.29, 1.82) is 0 Å². The van der Waals surface area contributed by atoms with Crippen LogP contribution in [0.25, 0.3) is 0 Å². The Balaban J connectivity index is 1.41. The molecular formula is C18H22O5. The fourth-order valence-electron chi connectivity index (χ4n) is 5.29. The Labute approximate surface area is 135 Å². The molecule has 4 aliphatic carbocycles. The van der Waals surface area contributed by atoms with E-state index in [1.165, 1.54) is 0 Å². The van der Waals surface area contributed by atoms with E-state index < -0.39 is 0 Å². The summed E-state index contributed by atoms with van der Waals surface area (Å²) in [6, 6.07) is 0. The summed E-state index contributed by atoms with van der Waals surface area (Å²) in [4.78, 5) is 37.1. The maximum atomic E-state index is 12.6. The van der Waals surface area contributed by atoms with Crippen LogP contribution >= 0.6 is 0 Å². The smallest absolute Gasteiger partial charge is 0.311 e. The Morgan fingerprint density at radius 1 is 1.17 bits per heavy atom. The third-order valence-electron chi connectivity index (χ3n) is 6.20. The molecule has 0 saturated heterocycles. The SMILES string of the molecule is CCCCOCOC(=O)C1CC2C(=O)C1C1C3C=CC(C3=O)C21. The molecule has 4 rings (SSSR count). The Morgan fingerprint density at radius 2 is 1.91 bits per heavy atom. The van der Waals surface area contributed by atoms with Crippen LogP contribution in [0.1, 0.15) is 26.2 Å². The van der Waals surface area contributed by atoms with Gasteiger partial charge in [-0.25, -0.2) is 0 Å². The van der Waals surface area contributed by atoms with Crippen molar-refractivity contribution in [2.24, 2.45) is 41.4 Å². The topological polar surface area (TPSA) is 69.7 Å². The average molecular weight is 318 g/mol. The Bertz CT molecular complexity index is 580. The van der Waals surface area contributed by atoms with Gasteiger partial charge in [-0.2, -0.15) is 0 Å². The minimum absolute atomic E-state index is 0.0299. The highest BCUT2D eigenvalue weighted by molar-refractivity contribution is 6.01. The average Bonchev–Trinajstić information content (AvgIpc) is 3.24. The number of Topliss-reactive ketones (excluding diaryl/α,β-unsaturated/α-hetero) is 2. The van der Waals surface area contributed by atoms with Crippen molar-refractivity contribution in [1.82, 2.24) is 0 Å². The van der Waals surface area contributed by atoms with E-state index in [4.69, 9.17) is 9.47 Å². The first-order chi connectivity index (χ1) is 11.1. The molecule has 0 heterocycles. The fourth-order valence-corrected chi connectivity index (χ4v) is 5.29. The predicted molar refractivity (Wildman–Crippen MR) is 80.0 cm³/mol. The van der Waals surface area contributed by atoms with E-state index in [1.807, 2.05) is 12.2 Å². The Kier molecular flexibility index (Phi) is 3.63. The molecular weight excluding hydrogens is 296 g/mol. The van der Waals surface area contributed by atoms with Gasteiger partial charge in [0.25, 0.3) is 0 Å². The van der Waals surface area contributed by atoms with Crippen molar-refractivity contribution in [3.05, 3.63) is 12.2 Å². The van der Waals surface area contributed by atoms with Crippen molar-refractivity contribution < 1.29 is 23.9 Å². The molecule has 0 amide bonds. The van der Waals surface area contributed by atoms with Crippen molar-refractivity contribution in [2.75, 3.05) is 13.4 Å². The summed E-state index contributed by atoms with van der Waals surface area (Å²) in [5.74, 6) is -0.811. The highest BCUT2D eigenvalue weighted by atomic mass is 16.7. The van der Waals surface area contributed by atoms with Gasteiger partial charge in [-0.15, -0.1) is 0 Å². The first kappa shape index (κ1) is 15.1. The molecule has 7 atom stereocenters. The van der Waals surface area contributed by atoms with E-state index >= 15 is 0 Å². The third-order valence-corrected chi connectivity index (χ3v) is 6.20. The van der Waals surface area contributed by atoms with Crippen LogP contribution in [-0.4, -0.2) is 30.9 Å². The van der Waals surface area contributed by atoms with Crippen LogP contribution in [-0.2, 0) is 23.9 Å². The number of hydrogen-bond acceptors (Lipinski definition) is 5. The molecule has 3 saturated carbocycles. The Morgan fingerprint density at radius 3 is 2.65 bits per heavy atom. The van der Waals surface area contributed by atoms with Crippen LogP contribution in [0, 0.1) is 41.4 Å². The lowest BCUT2D eigenvalue weighted by molar-refractivity contribution is -0.165. The van der Waals surface area contributed by atoms with E-state index in [0.717, 1.165) is 12.8 Å². The Hall–Kier alpha value is -1.49. The first-order valence-corrected chi connectivity index (χ1v) is 8.65. The molecule has 0 radical (unpaired) electrons. The standard InChI is InChI=1S/C18H22O5/c1-2-3-6-22-8-23-18(21)12-7-11-13-9-4-5-10(16(9)19)14(13)15(12)17(11)20/h4-5,9-15H,2-3,6-8H2,1H3. The monoisotopic (exact) mass is 318 g/mol. The van der Waals surface area contributed by atoms with Gasteiger partial charge in [0.1, 0.15) is 11.6 Å². The van der Waals surface area contributed by atoms with Crippen molar-refractivity contribution in [2.45, 2.75) is 26.2 Å². The number of carbonyl (C=O) groups is 3. The van der Waals surface area contributed by atoms with Gasteiger partial charge in [0.05, 0.1) is 12.5 Å². The van der Waals surface area contributed by atoms with Gasteiger partial charge in [-0.3, -0.25) is 14.4 Å². The molecule has 124 valence electrons. The molecule has 7 unspecified atom stereocenters. The molecule has 0 spiro atoms. The van der Waals surface area contributed by atoms with Gasteiger partial charge in [0.15, 0.2) is 6.79 Å². The molecule has 0 aromatic heterocycles. The summed E-state index contributed by atoms with van der Waals surface area (Å²) in [5, 5.41) is 0. The predicted octanol–water partition coefficient (Wildman–Crippen LogP) is 1.76. The van der Waals surface area contributed by atoms with Crippen molar-refractivity contribution >= 4 is 17.5 Å². The van der Waals surface area contributed by atoms with Crippen LogP contribution in [0.5, 0.6) is 0 Å². The summed E-state index contributed by atoms with van der Waals surface area (Å²) in [6.07, 6.45) is 6.42. The number of ether oxygens (including phenoxy) is 2. The lowest BCUT2D eigenvalue weighted by atomic mass is 9.69. The number of rotatable bonds is 6. The second kappa shape index (κ2) is 5.55. The normalized spacial score (nSPS) is 42.6. The molecule has 23 heavy (non-hydrogen) atoms. The zero-order valence-corrected chi connectivity index (χ0v) is 13.3. The number of unbranched alkanes of at least 4 members (excludes halogenated alkanes) is 1. The van der Waals surface area contributed by atoms with E-state index in [-0.39, 0.29) is 65.8 Å². The summed E-state index contributed by atoms with van der Waals surface area (Å²) in [6.45, 7) is 2.60. The molecule has 5 nitrogen and oxygen atoms in total. The number of esters is 1.